The minimum absolute atomic E-state index is 0.0710. The maximum atomic E-state index is 12.6. The number of pyridine rings is 1. The molecule has 0 spiro atoms. The zero-order valence-electron chi connectivity index (χ0n) is 14.2. The monoisotopic (exact) mass is 322 g/mol. The number of ether oxygens (including phenoxy) is 1. The average molecular weight is 322 g/mol. The minimum Gasteiger partial charge on any atom is -0.497 e. The molecule has 1 aromatic heterocycles. The molecule has 4 heteroatoms. The number of nitrogens with zero attached hydrogens (tertiary/aromatic N) is 2. The quantitative estimate of drug-likeness (QED) is 0.865. The van der Waals surface area contributed by atoms with Gasteiger partial charge in [0.15, 0.2) is 0 Å². The molecular formula is C20H22N2O2. The van der Waals surface area contributed by atoms with Crippen LogP contribution in [-0.4, -0.2) is 36.0 Å². The molecule has 1 amide bonds. The molecule has 0 aliphatic carbocycles. The first kappa shape index (κ1) is 16.2. The van der Waals surface area contributed by atoms with Gasteiger partial charge in [0.1, 0.15) is 5.75 Å². The molecule has 0 radical (unpaired) electrons. The lowest BCUT2D eigenvalue weighted by molar-refractivity contribution is 0.0743. The molecule has 1 aliphatic rings. The Labute approximate surface area is 142 Å². The summed E-state index contributed by atoms with van der Waals surface area (Å²) in [6, 6.07) is 13.4. The van der Waals surface area contributed by atoms with Crippen LogP contribution in [0, 0.1) is 6.92 Å². The Morgan fingerprint density at radius 1 is 1.17 bits per heavy atom. The zero-order valence-corrected chi connectivity index (χ0v) is 14.2. The topological polar surface area (TPSA) is 42.4 Å². The molecule has 0 N–H and O–H groups in total. The van der Waals surface area contributed by atoms with E-state index in [1.165, 1.54) is 5.57 Å². The van der Waals surface area contributed by atoms with Crippen LogP contribution in [0.1, 0.15) is 34.6 Å². The fraction of sp³-hybridized carbons (Fsp3) is 0.300. The SMILES string of the molecule is COc1cccc(C(=O)N2CCC(=Cc3cccc(C)n3)CC2)c1. The molecule has 2 heterocycles. The Morgan fingerprint density at radius 2 is 1.92 bits per heavy atom. The number of amides is 1. The third kappa shape index (κ3) is 3.82. The van der Waals surface area contributed by atoms with Gasteiger partial charge in [0, 0.05) is 24.3 Å². The van der Waals surface area contributed by atoms with E-state index in [1.807, 2.05) is 48.2 Å². The predicted octanol–water partition coefficient (Wildman–Crippen LogP) is 3.72. The Kier molecular flexibility index (Phi) is 4.94. The third-order valence-electron chi connectivity index (χ3n) is 4.27. The van der Waals surface area contributed by atoms with Gasteiger partial charge >= 0.3 is 0 Å². The smallest absolute Gasteiger partial charge is 0.254 e. The molecule has 1 aliphatic heterocycles. The highest BCUT2D eigenvalue weighted by Crippen LogP contribution is 2.21. The van der Waals surface area contributed by atoms with E-state index in [4.69, 9.17) is 4.74 Å². The van der Waals surface area contributed by atoms with Gasteiger partial charge in [-0.25, -0.2) is 0 Å². The van der Waals surface area contributed by atoms with E-state index in [1.54, 1.807) is 13.2 Å². The van der Waals surface area contributed by atoms with E-state index in [9.17, 15) is 4.79 Å². The van der Waals surface area contributed by atoms with Gasteiger partial charge in [-0.2, -0.15) is 0 Å². The van der Waals surface area contributed by atoms with Crippen molar-refractivity contribution in [2.24, 2.45) is 0 Å². The Hall–Kier alpha value is -2.62. The van der Waals surface area contributed by atoms with E-state index < -0.39 is 0 Å². The zero-order chi connectivity index (χ0) is 16.9. The first-order chi connectivity index (χ1) is 11.7. The number of rotatable bonds is 3. The molecule has 1 fully saturated rings. The molecule has 124 valence electrons. The number of aromatic nitrogens is 1. The van der Waals surface area contributed by atoms with Gasteiger partial charge in [-0.1, -0.05) is 17.7 Å². The van der Waals surface area contributed by atoms with Crippen molar-refractivity contribution in [1.82, 2.24) is 9.88 Å². The molecular weight excluding hydrogens is 300 g/mol. The predicted molar refractivity (Wildman–Crippen MR) is 95.1 cm³/mol. The van der Waals surface area contributed by atoms with E-state index in [-0.39, 0.29) is 5.91 Å². The largest absolute Gasteiger partial charge is 0.497 e. The summed E-state index contributed by atoms with van der Waals surface area (Å²) in [5.74, 6) is 0.783. The second-order valence-corrected chi connectivity index (χ2v) is 6.03. The lowest BCUT2D eigenvalue weighted by atomic mass is 10.0. The number of hydrogen-bond donors (Lipinski definition) is 0. The highest BCUT2D eigenvalue weighted by atomic mass is 16.5. The van der Waals surface area contributed by atoms with E-state index in [0.29, 0.717) is 11.3 Å². The lowest BCUT2D eigenvalue weighted by Gasteiger charge is -2.28. The van der Waals surface area contributed by atoms with Crippen LogP contribution < -0.4 is 4.74 Å². The molecule has 2 aromatic rings. The van der Waals surface area contributed by atoms with Crippen molar-refractivity contribution < 1.29 is 9.53 Å². The summed E-state index contributed by atoms with van der Waals surface area (Å²) in [5, 5.41) is 0. The number of benzene rings is 1. The second kappa shape index (κ2) is 7.30. The van der Waals surface area contributed by atoms with Gasteiger partial charge in [0.25, 0.3) is 5.91 Å². The third-order valence-corrected chi connectivity index (χ3v) is 4.27. The van der Waals surface area contributed by atoms with Gasteiger partial charge in [-0.15, -0.1) is 0 Å². The molecule has 1 aromatic carbocycles. The molecule has 0 unspecified atom stereocenters. The fourth-order valence-electron chi connectivity index (χ4n) is 2.93. The van der Waals surface area contributed by atoms with Crippen LogP contribution in [0.4, 0.5) is 0 Å². The van der Waals surface area contributed by atoms with Crippen LogP contribution >= 0.6 is 0 Å². The molecule has 24 heavy (non-hydrogen) atoms. The number of piperidine rings is 1. The maximum absolute atomic E-state index is 12.6. The summed E-state index contributed by atoms with van der Waals surface area (Å²) < 4.78 is 5.20. The summed E-state index contributed by atoms with van der Waals surface area (Å²) in [5.41, 5.74) is 4.05. The lowest BCUT2D eigenvalue weighted by Crippen LogP contribution is -2.36. The summed E-state index contributed by atoms with van der Waals surface area (Å²) in [4.78, 5) is 19.0. The Bertz CT molecular complexity index is 758. The molecule has 4 nitrogen and oxygen atoms in total. The number of methoxy groups -OCH3 is 1. The number of likely N-dealkylation sites (tertiary alicyclic amines) is 1. The first-order valence-electron chi connectivity index (χ1n) is 8.22. The minimum atomic E-state index is 0.0710. The fourth-order valence-corrected chi connectivity index (χ4v) is 2.93. The van der Waals surface area contributed by atoms with Crippen LogP contribution in [0.25, 0.3) is 6.08 Å². The van der Waals surface area contributed by atoms with Crippen LogP contribution in [0.5, 0.6) is 5.75 Å². The molecule has 3 rings (SSSR count). The first-order valence-corrected chi connectivity index (χ1v) is 8.22. The number of carbonyl (C=O) groups is 1. The van der Waals surface area contributed by atoms with Gasteiger partial charge in [0.2, 0.25) is 0 Å². The maximum Gasteiger partial charge on any atom is 0.254 e. The van der Waals surface area contributed by atoms with Gasteiger partial charge in [-0.05, 0) is 56.2 Å². The van der Waals surface area contributed by atoms with Crippen LogP contribution in [-0.2, 0) is 0 Å². The van der Waals surface area contributed by atoms with Crippen molar-refractivity contribution in [1.29, 1.82) is 0 Å². The summed E-state index contributed by atoms with van der Waals surface area (Å²) in [6.45, 7) is 3.48. The summed E-state index contributed by atoms with van der Waals surface area (Å²) >= 11 is 0. The summed E-state index contributed by atoms with van der Waals surface area (Å²) in [6.07, 6.45) is 3.94. The van der Waals surface area contributed by atoms with Crippen molar-refractivity contribution in [2.75, 3.05) is 20.2 Å². The van der Waals surface area contributed by atoms with Crippen molar-refractivity contribution in [2.45, 2.75) is 19.8 Å². The van der Waals surface area contributed by atoms with Crippen LogP contribution in [0.3, 0.4) is 0 Å². The van der Waals surface area contributed by atoms with E-state index >= 15 is 0 Å². The Morgan fingerprint density at radius 3 is 2.62 bits per heavy atom. The van der Waals surface area contributed by atoms with Crippen molar-refractivity contribution in [3.63, 3.8) is 0 Å². The van der Waals surface area contributed by atoms with Gasteiger partial charge < -0.3 is 9.64 Å². The van der Waals surface area contributed by atoms with E-state index in [2.05, 4.69) is 11.1 Å². The van der Waals surface area contributed by atoms with Crippen LogP contribution in [0.15, 0.2) is 48.0 Å². The normalized spacial score (nSPS) is 14.4. The highest BCUT2D eigenvalue weighted by Gasteiger charge is 2.20. The standard InChI is InChI=1S/C20H22N2O2/c1-15-5-3-7-18(21-15)13-16-9-11-22(12-10-16)20(23)17-6-4-8-19(14-17)24-2/h3-8,13-14H,9-12H2,1-2H3. The van der Waals surface area contributed by atoms with Gasteiger partial charge in [-0.3, -0.25) is 9.78 Å². The van der Waals surface area contributed by atoms with Crippen LogP contribution in [0.2, 0.25) is 0 Å². The molecule has 0 bridgehead atoms. The number of carbonyl (C=O) groups excluding carboxylic acids is 1. The van der Waals surface area contributed by atoms with Crippen molar-refractivity contribution >= 4 is 12.0 Å². The van der Waals surface area contributed by atoms with E-state index in [0.717, 1.165) is 37.3 Å². The Balaban J connectivity index is 1.65. The highest BCUT2D eigenvalue weighted by molar-refractivity contribution is 5.94. The van der Waals surface area contributed by atoms with Gasteiger partial charge in [0.05, 0.1) is 12.8 Å². The average Bonchev–Trinajstić information content (AvgIpc) is 2.62. The van der Waals surface area contributed by atoms with Crippen molar-refractivity contribution in [3.05, 3.63) is 65.0 Å². The number of aryl methyl sites for hydroxylation is 1. The second-order valence-electron chi connectivity index (χ2n) is 6.03. The van der Waals surface area contributed by atoms with Crippen molar-refractivity contribution in [3.8, 4) is 5.75 Å². The molecule has 0 atom stereocenters. The molecule has 1 saturated heterocycles. The molecule has 0 saturated carbocycles. The number of hydrogen-bond acceptors (Lipinski definition) is 3. The summed E-state index contributed by atoms with van der Waals surface area (Å²) in [7, 11) is 1.61.